The summed E-state index contributed by atoms with van der Waals surface area (Å²) < 4.78 is 2.49. The lowest BCUT2D eigenvalue weighted by molar-refractivity contribution is 0.305. The summed E-state index contributed by atoms with van der Waals surface area (Å²) >= 11 is 0. The third-order valence-corrected chi connectivity index (χ3v) is 5.54. The number of nitrogens with zero attached hydrogens (tertiary/aromatic N) is 4. The van der Waals surface area contributed by atoms with Gasteiger partial charge >= 0.3 is 0 Å². The van der Waals surface area contributed by atoms with Crippen molar-refractivity contribution in [3.05, 3.63) is 45.2 Å². The molecular weight excluding hydrogens is 314 g/mol. The SMILES string of the molecule is CCc1cc(=O)[nH]c(CN2CCC(n3c(C)nc4c3CCCC4)C2)n1. The Morgan fingerprint density at radius 3 is 2.96 bits per heavy atom. The largest absolute Gasteiger partial charge is 0.328 e. The number of hydrogen-bond donors (Lipinski definition) is 1. The molecule has 1 aliphatic carbocycles. The van der Waals surface area contributed by atoms with Gasteiger partial charge in [-0.1, -0.05) is 6.92 Å². The molecule has 0 radical (unpaired) electrons. The van der Waals surface area contributed by atoms with E-state index in [1.807, 2.05) is 6.92 Å². The van der Waals surface area contributed by atoms with Gasteiger partial charge in [0, 0.05) is 36.6 Å². The second kappa shape index (κ2) is 6.75. The van der Waals surface area contributed by atoms with Gasteiger partial charge < -0.3 is 9.55 Å². The predicted molar refractivity (Wildman–Crippen MR) is 96.8 cm³/mol. The van der Waals surface area contributed by atoms with Crippen LogP contribution in [0.2, 0.25) is 0 Å². The van der Waals surface area contributed by atoms with Gasteiger partial charge in [0.1, 0.15) is 11.6 Å². The van der Waals surface area contributed by atoms with E-state index >= 15 is 0 Å². The van der Waals surface area contributed by atoms with Crippen LogP contribution in [-0.2, 0) is 25.8 Å². The molecule has 2 aromatic rings. The zero-order valence-electron chi connectivity index (χ0n) is 15.2. The monoisotopic (exact) mass is 341 g/mol. The van der Waals surface area contributed by atoms with E-state index in [-0.39, 0.29) is 5.56 Å². The van der Waals surface area contributed by atoms with E-state index in [4.69, 9.17) is 4.98 Å². The van der Waals surface area contributed by atoms with Crippen molar-refractivity contribution in [3.63, 3.8) is 0 Å². The number of fused-ring (bicyclic) bond motifs is 1. The first-order valence-electron chi connectivity index (χ1n) is 9.52. The van der Waals surface area contributed by atoms with Crippen molar-refractivity contribution in [1.29, 1.82) is 0 Å². The molecule has 1 unspecified atom stereocenters. The maximum atomic E-state index is 11.8. The summed E-state index contributed by atoms with van der Waals surface area (Å²) in [6.07, 6.45) is 6.78. The Bertz CT molecular complexity index is 822. The normalized spacial score (nSPS) is 20.8. The number of aryl methyl sites for hydroxylation is 3. The van der Waals surface area contributed by atoms with Crippen molar-refractivity contribution < 1.29 is 0 Å². The van der Waals surface area contributed by atoms with Crippen LogP contribution in [0.4, 0.5) is 0 Å². The Hall–Kier alpha value is -1.95. The number of H-pyrrole nitrogens is 1. The average Bonchev–Trinajstić information content (AvgIpc) is 3.17. The van der Waals surface area contributed by atoms with Crippen molar-refractivity contribution in [2.24, 2.45) is 0 Å². The van der Waals surface area contributed by atoms with Crippen LogP contribution in [-0.4, -0.2) is 37.5 Å². The van der Waals surface area contributed by atoms with Crippen LogP contribution in [0.15, 0.2) is 10.9 Å². The number of aromatic amines is 1. The average molecular weight is 341 g/mol. The highest BCUT2D eigenvalue weighted by atomic mass is 16.1. The molecule has 6 nitrogen and oxygen atoms in total. The van der Waals surface area contributed by atoms with Crippen LogP contribution >= 0.6 is 0 Å². The van der Waals surface area contributed by atoms with Crippen molar-refractivity contribution in [3.8, 4) is 0 Å². The smallest absolute Gasteiger partial charge is 0.251 e. The molecule has 3 heterocycles. The molecule has 6 heteroatoms. The van der Waals surface area contributed by atoms with E-state index in [0.29, 0.717) is 6.04 Å². The molecule has 1 atom stereocenters. The van der Waals surface area contributed by atoms with Crippen molar-refractivity contribution >= 4 is 0 Å². The minimum Gasteiger partial charge on any atom is -0.328 e. The van der Waals surface area contributed by atoms with E-state index < -0.39 is 0 Å². The van der Waals surface area contributed by atoms with Crippen LogP contribution < -0.4 is 5.56 Å². The first kappa shape index (κ1) is 16.5. The van der Waals surface area contributed by atoms with E-state index in [2.05, 4.69) is 26.4 Å². The molecule has 1 fully saturated rings. The summed E-state index contributed by atoms with van der Waals surface area (Å²) in [6.45, 7) is 6.93. The maximum absolute atomic E-state index is 11.8. The first-order chi connectivity index (χ1) is 12.1. The number of nitrogens with one attached hydrogen (secondary N) is 1. The molecule has 0 aromatic carbocycles. The molecule has 0 spiro atoms. The predicted octanol–water partition coefficient (Wildman–Crippen LogP) is 2.16. The van der Waals surface area contributed by atoms with Gasteiger partial charge in [-0.3, -0.25) is 9.69 Å². The molecule has 1 aliphatic heterocycles. The third kappa shape index (κ3) is 3.27. The van der Waals surface area contributed by atoms with Crippen molar-refractivity contribution in [2.75, 3.05) is 13.1 Å². The van der Waals surface area contributed by atoms with Crippen LogP contribution in [0.5, 0.6) is 0 Å². The fourth-order valence-electron chi connectivity index (χ4n) is 4.38. The van der Waals surface area contributed by atoms with Crippen molar-refractivity contribution in [2.45, 2.75) is 65.0 Å². The highest BCUT2D eigenvalue weighted by Crippen LogP contribution is 2.30. The highest BCUT2D eigenvalue weighted by Gasteiger charge is 2.29. The molecule has 134 valence electrons. The first-order valence-corrected chi connectivity index (χ1v) is 9.52. The lowest BCUT2D eigenvalue weighted by Crippen LogP contribution is -2.25. The van der Waals surface area contributed by atoms with E-state index in [0.717, 1.165) is 50.4 Å². The molecule has 1 N–H and O–H groups in total. The molecule has 4 rings (SSSR count). The number of hydrogen-bond acceptors (Lipinski definition) is 4. The number of imidazole rings is 1. The number of likely N-dealkylation sites (tertiary alicyclic amines) is 1. The number of aromatic nitrogens is 4. The van der Waals surface area contributed by atoms with Gasteiger partial charge in [-0.05, 0) is 45.4 Å². The fourth-order valence-corrected chi connectivity index (χ4v) is 4.38. The summed E-state index contributed by atoms with van der Waals surface area (Å²) in [6, 6.07) is 2.09. The van der Waals surface area contributed by atoms with Crippen LogP contribution in [0, 0.1) is 6.92 Å². The summed E-state index contributed by atoms with van der Waals surface area (Å²) in [5.41, 5.74) is 3.62. The third-order valence-electron chi connectivity index (χ3n) is 5.54. The second-order valence-corrected chi connectivity index (χ2v) is 7.34. The molecule has 2 aromatic heterocycles. The van der Waals surface area contributed by atoms with Gasteiger partial charge in [0.25, 0.3) is 5.56 Å². The molecule has 0 bridgehead atoms. The van der Waals surface area contributed by atoms with Gasteiger partial charge in [0.2, 0.25) is 0 Å². The Balaban J connectivity index is 1.50. The Labute approximate surface area is 148 Å². The van der Waals surface area contributed by atoms with Gasteiger partial charge in [0.15, 0.2) is 0 Å². The minimum absolute atomic E-state index is 0.0443. The summed E-state index contributed by atoms with van der Waals surface area (Å²) in [5, 5.41) is 0. The van der Waals surface area contributed by atoms with Gasteiger partial charge in [0.05, 0.1) is 12.2 Å². The topological polar surface area (TPSA) is 66.8 Å². The van der Waals surface area contributed by atoms with Crippen molar-refractivity contribution in [1.82, 2.24) is 24.4 Å². The molecular formula is C19H27N5O. The Morgan fingerprint density at radius 1 is 1.28 bits per heavy atom. The standard InChI is InChI=1S/C19H27N5O/c1-3-14-10-19(25)22-18(21-14)12-23-9-8-15(11-23)24-13(2)20-16-6-4-5-7-17(16)24/h10,15H,3-9,11-12H2,1-2H3,(H,21,22,25). The van der Waals surface area contributed by atoms with Crippen LogP contribution in [0.25, 0.3) is 0 Å². The molecule has 2 aliphatic rings. The molecule has 1 saturated heterocycles. The Morgan fingerprint density at radius 2 is 2.12 bits per heavy atom. The minimum atomic E-state index is -0.0443. The lowest BCUT2D eigenvalue weighted by Gasteiger charge is -2.21. The van der Waals surface area contributed by atoms with Gasteiger partial charge in [-0.25, -0.2) is 9.97 Å². The van der Waals surface area contributed by atoms with Gasteiger partial charge in [-0.2, -0.15) is 0 Å². The summed E-state index contributed by atoms with van der Waals surface area (Å²) in [5.74, 6) is 1.95. The zero-order chi connectivity index (χ0) is 17.4. The summed E-state index contributed by atoms with van der Waals surface area (Å²) in [4.78, 5) is 26.5. The summed E-state index contributed by atoms with van der Waals surface area (Å²) in [7, 11) is 0. The van der Waals surface area contributed by atoms with E-state index in [1.165, 1.54) is 36.5 Å². The van der Waals surface area contributed by atoms with Gasteiger partial charge in [-0.15, -0.1) is 0 Å². The molecule has 25 heavy (non-hydrogen) atoms. The fraction of sp³-hybridized carbons (Fsp3) is 0.632. The second-order valence-electron chi connectivity index (χ2n) is 7.34. The van der Waals surface area contributed by atoms with E-state index in [1.54, 1.807) is 6.07 Å². The quantitative estimate of drug-likeness (QED) is 0.925. The number of rotatable bonds is 4. The lowest BCUT2D eigenvalue weighted by atomic mass is 10.0. The van der Waals surface area contributed by atoms with Crippen LogP contribution in [0.1, 0.15) is 61.0 Å². The zero-order valence-corrected chi connectivity index (χ0v) is 15.2. The van der Waals surface area contributed by atoms with Crippen LogP contribution in [0.3, 0.4) is 0 Å². The maximum Gasteiger partial charge on any atom is 0.251 e. The van der Waals surface area contributed by atoms with E-state index in [9.17, 15) is 4.79 Å². The molecule has 0 saturated carbocycles. The highest BCUT2D eigenvalue weighted by molar-refractivity contribution is 5.21. The Kier molecular flexibility index (Phi) is 4.46. The molecule has 0 amide bonds.